The number of halogens is 1. The van der Waals surface area contributed by atoms with E-state index in [-0.39, 0.29) is 23.5 Å². The Labute approximate surface area is 101 Å². The van der Waals surface area contributed by atoms with Crippen molar-refractivity contribution in [2.45, 2.75) is 17.5 Å². The van der Waals surface area contributed by atoms with Crippen molar-refractivity contribution in [3.05, 3.63) is 12.3 Å². The second-order valence-corrected chi connectivity index (χ2v) is 5.59. The maximum absolute atomic E-state index is 12.1. The lowest BCUT2D eigenvalue weighted by Gasteiger charge is -2.15. The van der Waals surface area contributed by atoms with Crippen LogP contribution >= 0.6 is 12.4 Å². The van der Waals surface area contributed by atoms with Crippen molar-refractivity contribution >= 4 is 22.4 Å². The van der Waals surface area contributed by atoms with Gasteiger partial charge in [0.15, 0.2) is 5.03 Å². The summed E-state index contributed by atoms with van der Waals surface area (Å²) < 4.78 is 26.9. The van der Waals surface area contributed by atoms with Crippen molar-refractivity contribution in [3.63, 3.8) is 0 Å². The van der Waals surface area contributed by atoms with Crippen LogP contribution in [0.5, 0.6) is 0 Å². The van der Waals surface area contributed by atoms with E-state index in [1.54, 1.807) is 7.05 Å². The molecule has 6 nitrogen and oxygen atoms in total. The third-order valence-corrected chi connectivity index (χ3v) is 4.51. The maximum atomic E-state index is 12.1. The molecule has 1 fully saturated rings. The predicted octanol–water partition coefficient (Wildman–Crippen LogP) is -0.436. The molecule has 0 unspecified atom stereocenters. The summed E-state index contributed by atoms with van der Waals surface area (Å²) in [4.78, 5) is 0. The molecule has 0 spiro atoms. The molecule has 92 valence electrons. The van der Waals surface area contributed by atoms with Crippen LogP contribution in [0, 0.1) is 0 Å². The smallest absolute Gasteiger partial charge is 0.260 e. The molecule has 0 radical (unpaired) electrons. The van der Waals surface area contributed by atoms with E-state index in [9.17, 15) is 8.42 Å². The Hall–Kier alpha value is -0.630. The van der Waals surface area contributed by atoms with Crippen LogP contribution in [0.25, 0.3) is 0 Å². The molecule has 1 aliphatic heterocycles. The van der Waals surface area contributed by atoms with Crippen LogP contribution in [-0.4, -0.2) is 41.6 Å². The fraction of sp³-hybridized carbons (Fsp3) is 0.625. The maximum Gasteiger partial charge on any atom is 0.260 e. The van der Waals surface area contributed by atoms with Crippen LogP contribution in [0.4, 0.5) is 0 Å². The van der Waals surface area contributed by atoms with E-state index in [0.29, 0.717) is 13.1 Å². The monoisotopic (exact) mass is 266 g/mol. The molecule has 1 aliphatic rings. The second-order valence-electron chi connectivity index (χ2n) is 3.70. The molecule has 0 aliphatic carbocycles. The molecule has 0 amide bonds. The van der Waals surface area contributed by atoms with Gasteiger partial charge in [0.05, 0.1) is 6.20 Å². The number of rotatable bonds is 2. The van der Waals surface area contributed by atoms with E-state index in [0.717, 1.165) is 6.42 Å². The normalized spacial score (nSPS) is 22.0. The number of hydrogen-bond donors (Lipinski definition) is 1. The van der Waals surface area contributed by atoms with Gasteiger partial charge in [0, 0.05) is 26.2 Å². The number of hydrogen-bond acceptors (Lipinski definition) is 4. The van der Waals surface area contributed by atoms with E-state index < -0.39 is 10.0 Å². The lowest BCUT2D eigenvalue weighted by Crippen LogP contribution is -2.33. The van der Waals surface area contributed by atoms with Crippen molar-refractivity contribution in [3.8, 4) is 0 Å². The SMILES string of the molecule is Cl.Cn1nccc1S(=O)(=O)N1CC[C@H](N)C1. The molecular formula is C8H15ClN4O2S. The third kappa shape index (κ3) is 2.22. The number of aryl methyl sites for hydroxylation is 1. The molecule has 8 heteroatoms. The van der Waals surface area contributed by atoms with Crippen LogP contribution in [0.3, 0.4) is 0 Å². The van der Waals surface area contributed by atoms with Gasteiger partial charge >= 0.3 is 0 Å². The Kier molecular flexibility index (Phi) is 3.95. The first kappa shape index (κ1) is 13.4. The zero-order valence-electron chi connectivity index (χ0n) is 8.91. The molecule has 0 saturated carbocycles. The van der Waals surface area contributed by atoms with Crippen LogP contribution < -0.4 is 5.73 Å². The molecule has 16 heavy (non-hydrogen) atoms. The van der Waals surface area contributed by atoms with Gasteiger partial charge in [0.25, 0.3) is 10.0 Å². The molecule has 2 N–H and O–H groups in total. The van der Waals surface area contributed by atoms with Crippen molar-refractivity contribution < 1.29 is 8.42 Å². The minimum Gasteiger partial charge on any atom is -0.326 e. The van der Waals surface area contributed by atoms with Gasteiger partial charge in [-0.25, -0.2) is 8.42 Å². The van der Waals surface area contributed by atoms with E-state index in [2.05, 4.69) is 5.10 Å². The summed E-state index contributed by atoms with van der Waals surface area (Å²) >= 11 is 0. The number of sulfonamides is 1. The molecule has 1 saturated heterocycles. The minimum atomic E-state index is -3.41. The van der Waals surface area contributed by atoms with Gasteiger partial charge in [-0.05, 0) is 12.5 Å². The van der Waals surface area contributed by atoms with Gasteiger partial charge in [0.2, 0.25) is 0 Å². The first-order valence-electron chi connectivity index (χ1n) is 4.75. The fourth-order valence-electron chi connectivity index (χ4n) is 1.72. The Bertz CT molecular complexity index is 458. The Morgan fingerprint density at radius 2 is 2.25 bits per heavy atom. The number of nitrogens with zero attached hydrogens (tertiary/aromatic N) is 3. The summed E-state index contributed by atoms with van der Waals surface area (Å²) in [5.41, 5.74) is 5.68. The first-order valence-corrected chi connectivity index (χ1v) is 6.19. The van der Waals surface area contributed by atoms with Crippen molar-refractivity contribution in [2.24, 2.45) is 12.8 Å². The van der Waals surface area contributed by atoms with E-state index in [1.807, 2.05) is 0 Å². The largest absolute Gasteiger partial charge is 0.326 e. The van der Waals surface area contributed by atoms with Crippen molar-refractivity contribution in [1.29, 1.82) is 0 Å². The lowest BCUT2D eigenvalue weighted by molar-refractivity contribution is 0.462. The summed E-state index contributed by atoms with van der Waals surface area (Å²) in [7, 11) is -1.79. The molecular weight excluding hydrogens is 252 g/mol. The summed E-state index contributed by atoms with van der Waals surface area (Å²) in [6.07, 6.45) is 2.19. The molecule has 2 rings (SSSR count). The van der Waals surface area contributed by atoms with E-state index >= 15 is 0 Å². The summed E-state index contributed by atoms with van der Waals surface area (Å²) in [5, 5.41) is 4.07. The van der Waals surface area contributed by atoms with Gasteiger partial charge in [-0.1, -0.05) is 0 Å². The third-order valence-electron chi connectivity index (χ3n) is 2.57. The van der Waals surface area contributed by atoms with Crippen LogP contribution in [0.1, 0.15) is 6.42 Å². The quantitative estimate of drug-likeness (QED) is 0.787. The lowest BCUT2D eigenvalue weighted by atomic mass is 10.3. The first-order chi connectivity index (χ1) is 7.01. The molecule has 0 aromatic carbocycles. The van der Waals surface area contributed by atoms with Crippen molar-refractivity contribution in [2.75, 3.05) is 13.1 Å². The second kappa shape index (κ2) is 4.70. The zero-order chi connectivity index (χ0) is 11.1. The Morgan fingerprint density at radius 1 is 1.56 bits per heavy atom. The highest BCUT2D eigenvalue weighted by atomic mass is 35.5. The average molecular weight is 267 g/mol. The van der Waals surface area contributed by atoms with Gasteiger partial charge in [-0.2, -0.15) is 9.40 Å². The predicted molar refractivity (Wildman–Crippen MR) is 61.8 cm³/mol. The Balaban J connectivity index is 0.00000128. The topological polar surface area (TPSA) is 81.2 Å². The number of nitrogens with two attached hydrogens (primary N) is 1. The summed E-state index contributed by atoms with van der Waals surface area (Å²) in [5.74, 6) is 0. The molecule has 1 aromatic heterocycles. The molecule has 0 bridgehead atoms. The van der Waals surface area contributed by atoms with Gasteiger partial charge < -0.3 is 5.73 Å². The van der Waals surface area contributed by atoms with Gasteiger partial charge in [-0.3, -0.25) is 4.68 Å². The highest BCUT2D eigenvalue weighted by Gasteiger charge is 2.32. The summed E-state index contributed by atoms with van der Waals surface area (Å²) in [6.45, 7) is 0.891. The summed E-state index contributed by atoms with van der Waals surface area (Å²) in [6, 6.07) is 1.45. The minimum absolute atomic E-state index is 0. The van der Waals surface area contributed by atoms with Gasteiger partial charge in [-0.15, -0.1) is 12.4 Å². The van der Waals surface area contributed by atoms with Crippen molar-refractivity contribution in [1.82, 2.24) is 14.1 Å². The Morgan fingerprint density at radius 3 is 2.69 bits per heavy atom. The fourth-order valence-corrected chi connectivity index (χ4v) is 3.33. The highest BCUT2D eigenvalue weighted by Crippen LogP contribution is 2.19. The van der Waals surface area contributed by atoms with Crippen LogP contribution in [0.15, 0.2) is 17.3 Å². The van der Waals surface area contributed by atoms with Gasteiger partial charge in [0.1, 0.15) is 0 Å². The van der Waals surface area contributed by atoms with E-state index in [4.69, 9.17) is 5.73 Å². The molecule has 1 aromatic rings. The number of aromatic nitrogens is 2. The average Bonchev–Trinajstić information content (AvgIpc) is 2.74. The molecule has 1 atom stereocenters. The van der Waals surface area contributed by atoms with Crippen LogP contribution in [0.2, 0.25) is 0 Å². The standard InChI is InChI=1S/C8H14N4O2S.ClH/c1-11-8(2-4-10-11)15(13,14)12-5-3-7(9)6-12;/h2,4,7H,3,5-6,9H2,1H3;1H/t7-;/m0./s1. The zero-order valence-corrected chi connectivity index (χ0v) is 10.5. The highest BCUT2D eigenvalue weighted by molar-refractivity contribution is 7.89. The van der Waals surface area contributed by atoms with E-state index in [1.165, 1.54) is 21.3 Å². The molecule has 2 heterocycles. The van der Waals surface area contributed by atoms with Crippen LogP contribution in [-0.2, 0) is 17.1 Å².